The van der Waals surface area contributed by atoms with Crippen LogP contribution in [0.4, 0.5) is 4.39 Å². The topological polar surface area (TPSA) is 18.5 Å². The maximum Gasteiger partial charge on any atom is 0.161 e. The van der Waals surface area contributed by atoms with E-state index >= 15 is 0 Å². The van der Waals surface area contributed by atoms with E-state index < -0.39 is 5.38 Å². The molecule has 0 saturated heterocycles. The maximum absolute atomic E-state index is 14.1. The molecule has 0 spiro atoms. The standard InChI is InChI=1S/C15H12Br2ClFO2/c1-20-13-6-10(11(17)7-14(13)21-2)15(18)9-4-3-8(16)5-12(9)19/h3-7,15H,1-2H3. The Balaban J connectivity index is 2.50. The molecular weight excluding hydrogens is 426 g/mol. The Morgan fingerprint density at radius 3 is 2.19 bits per heavy atom. The Labute approximate surface area is 144 Å². The zero-order chi connectivity index (χ0) is 15.6. The van der Waals surface area contributed by atoms with E-state index in [2.05, 4.69) is 31.9 Å². The lowest BCUT2D eigenvalue weighted by molar-refractivity contribution is 0.354. The lowest BCUT2D eigenvalue weighted by Crippen LogP contribution is -2.00. The van der Waals surface area contributed by atoms with Crippen molar-refractivity contribution in [2.75, 3.05) is 14.2 Å². The van der Waals surface area contributed by atoms with E-state index in [1.165, 1.54) is 6.07 Å². The van der Waals surface area contributed by atoms with Crippen LogP contribution in [0.2, 0.25) is 0 Å². The summed E-state index contributed by atoms with van der Waals surface area (Å²) in [4.78, 5) is 0. The van der Waals surface area contributed by atoms with Crippen LogP contribution >= 0.6 is 43.5 Å². The number of benzene rings is 2. The quantitative estimate of drug-likeness (QED) is 0.571. The van der Waals surface area contributed by atoms with Crippen molar-refractivity contribution in [3.05, 3.63) is 56.2 Å². The number of rotatable bonds is 4. The van der Waals surface area contributed by atoms with Crippen LogP contribution in [0, 0.1) is 5.82 Å². The normalized spacial score (nSPS) is 12.1. The van der Waals surface area contributed by atoms with E-state index in [0.29, 0.717) is 27.1 Å². The fraction of sp³-hybridized carbons (Fsp3) is 0.200. The molecule has 2 aromatic carbocycles. The summed E-state index contributed by atoms with van der Waals surface area (Å²) in [7, 11) is 3.09. The first-order valence-corrected chi connectivity index (χ1v) is 8.00. The number of hydrogen-bond donors (Lipinski definition) is 0. The smallest absolute Gasteiger partial charge is 0.161 e. The van der Waals surface area contributed by atoms with Gasteiger partial charge in [-0.15, -0.1) is 11.6 Å². The van der Waals surface area contributed by atoms with Crippen molar-refractivity contribution in [1.82, 2.24) is 0 Å². The fourth-order valence-corrected chi connectivity index (χ4v) is 3.31. The van der Waals surface area contributed by atoms with Gasteiger partial charge in [-0.1, -0.05) is 37.9 Å². The largest absolute Gasteiger partial charge is 0.493 e. The summed E-state index contributed by atoms with van der Waals surface area (Å²) < 4.78 is 25.9. The second kappa shape index (κ2) is 6.99. The van der Waals surface area contributed by atoms with E-state index in [4.69, 9.17) is 21.1 Å². The number of hydrogen-bond acceptors (Lipinski definition) is 2. The summed E-state index contributed by atoms with van der Waals surface area (Å²) in [5.74, 6) is 0.748. The van der Waals surface area contributed by atoms with Crippen molar-refractivity contribution in [3.8, 4) is 11.5 Å². The van der Waals surface area contributed by atoms with Crippen molar-refractivity contribution >= 4 is 43.5 Å². The molecule has 0 bridgehead atoms. The van der Waals surface area contributed by atoms with Crippen molar-refractivity contribution in [2.24, 2.45) is 0 Å². The van der Waals surface area contributed by atoms with Gasteiger partial charge < -0.3 is 9.47 Å². The highest BCUT2D eigenvalue weighted by atomic mass is 79.9. The molecule has 0 heterocycles. The third-order valence-electron chi connectivity index (χ3n) is 3.01. The van der Waals surface area contributed by atoms with Crippen LogP contribution in [0.25, 0.3) is 0 Å². The van der Waals surface area contributed by atoms with Crippen LogP contribution in [-0.4, -0.2) is 14.2 Å². The van der Waals surface area contributed by atoms with Gasteiger partial charge in [-0.05, 0) is 29.8 Å². The van der Waals surface area contributed by atoms with Gasteiger partial charge in [-0.2, -0.15) is 0 Å². The van der Waals surface area contributed by atoms with Crippen molar-refractivity contribution in [1.29, 1.82) is 0 Å². The minimum atomic E-state index is -0.646. The van der Waals surface area contributed by atoms with Gasteiger partial charge in [0.15, 0.2) is 11.5 Å². The van der Waals surface area contributed by atoms with Crippen LogP contribution in [0.1, 0.15) is 16.5 Å². The summed E-state index contributed by atoms with van der Waals surface area (Å²) in [6, 6.07) is 8.28. The highest BCUT2D eigenvalue weighted by Gasteiger charge is 2.20. The molecule has 0 fully saturated rings. The molecule has 2 aromatic rings. The summed E-state index contributed by atoms with van der Waals surface area (Å²) >= 11 is 13.1. The molecule has 0 amide bonds. The molecule has 112 valence electrons. The Hall–Kier alpha value is -0.780. The minimum absolute atomic E-state index is 0.369. The molecule has 0 radical (unpaired) electrons. The Morgan fingerprint density at radius 1 is 1.00 bits per heavy atom. The monoisotopic (exact) mass is 436 g/mol. The minimum Gasteiger partial charge on any atom is -0.493 e. The van der Waals surface area contributed by atoms with Gasteiger partial charge in [0, 0.05) is 14.5 Å². The van der Waals surface area contributed by atoms with Crippen molar-refractivity contribution < 1.29 is 13.9 Å². The Bertz CT molecular complexity index is 664. The number of methoxy groups -OCH3 is 2. The Kier molecular flexibility index (Phi) is 5.52. The molecular formula is C15H12Br2ClFO2. The van der Waals surface area contributed by atoms with Crippen molar-refractivity contribution in [2.45, 2.75) is 5.38 Å². The number of halogens is 4. The molecule has 2 rings (SSSR count). The molecule has 0 aliphatic rings. The second-order valence-electron chi connectivity index (χ2n) is 4.26. The molecule has 6 heteroatoms. The molecule has 0 N–H and O–H groups in total. The lowest BCUT2D eigenvalue weighted by atomic mass is 10.0. The number of ether oxygens (including phenoxy) is 2. The van der Waals surface area contributed by atoms with Gasteiger partial charge in [0.05, 0.1) is 19.6 Å². The van der Waals surface area contributed by atoms with Gasteiger partial charge in [-0.25, -0.2) is 4.39 Å². The molecule has 1 atom stereocenters. The van der Waals surface area contributed by atoms with Gasteiger partial charge in [0.25, 0.3) is 0 Å². The molecule has 21 heavy (non-hydrogen) atoms. The van der Waals surface area contributed by atoms with Crippen LogP contribution in [0.15, 0.2) is 39.3 Å². The van der Waals surface area contributed by atoms with Gasteiger partial charge in [0.2, 0.25) is 0 Å². The predicted molar refractivity (Wildman–Crippen MR) is 89.0 cm³/mol. The van der Waals surface area contributed by atoms with Crippen LogP contribution < -0.4 is 9.47 Å². The second-order valence-corrected chi connectivity index (χ2v) is 6.46. The SMILES string of the molecule is COc1cc(Br)c(C(Cl)c2ccc(Br)cc2F)cc1OC. The first kappa shape index (κ1) is 16.6. The molecule has 0 aliphatic heterocycles. The van der Waals surface area contributed by atoms with Crippen LogP contribution in [-0.2, 0) is 0 Å². The third-order valence-corrected chi connectivity index (χ3v) is 4.66. The summed E-state index contributed by atoms with van der Waals surface area (Å²) in [5.41, 5.74) is 1.10. The van der Waals surface area contributed by atoms with E-state index in [1.807, 2.05) is 0 Å². The van der Waals surface area contributed by atoms with Crippen LogP contribution in [0.5, 0.6) is 11.5 Å². The molecule has 0 aromatic heterocycles. The molecule has 1 unspecified atom stereocenters. The van der Waals surface area contributed by atoms with Gasteiger partial charge >= 0.3 is 0 Å². The molecule has 0 saturated carbocycles. The zero-order valence-electron chi connectivity index (χ0n) is 11.3. The molecule has 2 nitrogen and oxygen atoms in total. The first-order valence-electron chi connectivity index (χ1n) is 5.98. The predicted octanol–water partition coefficient (Wildman–Crippen LogP) is 5.70. The highest BCUT2D eigenvalue weighted by Crippen LogP contribution is 2.41. The third kappa shape index (κ3) is 3.52. The van der Waals surface area contributed by atoms with E-state index in [0.717, 1.165) is 4.47 Å². The highest BCUT2D eigenvalue weighted by molar-refractivity contribution is 9.10. The summed E-state index contributed by atoms with van der Waals surface area (Å²) in [5, 5.41) is -0.646. The fourth-order valence-electron chi connectivity index (χ4n) is 1.94. The number of alkyl halides is 1. The maximum atomic E-state index is 14.1. The van der Waals surface area contributed by atoms with E-state index in [1.54, 1.807) is 38.5 Å². The first-order chi connectivity index (χ1) is 9.97. The lowest BCUT2D eigenvalue weighted by Gasteiger charge is -2.16. The molecule has 0 aliphatic carbocycles. The summed E-state index contributed by atoms with van der Waals surface area (Å²) in [6.07, 6.45) is 0. The van der Waals surface area contributed by atoms with Gasteiger partial charge in [-0.3, -0.25) is 0 Å². The van der Waals surface area contributed by atoms with Gasteiger partial charge in [0.1, 0.15) is 5.82 Å². The van der Waals surface area contributed by atoms with Crippen molar-refractivity contribution in [3.63, 3.8) is 0 Å². The average molecular weight is 439 g/mol. The zero-order valence-corrected chi connectivity index (χ0v) is 15.2. The average Bonchev–Trinajstić information content (AvgIpc) is 2.46. The van der Waals surface area contributed by atoms with E-state index in [-0.39, 0.29) is 5.82 Å². The van der Waals surface area contributed by atoms with Crippen LogP contribution in [0.3, 0.4) is 0 Å². The van der Waals surface area contributed by atoms with E-state index in [9.17, 15) is 4.39 Å². The Morgan fingerprint density at radius 2 is 1.62 bits per heavy atom. The summed E-state index contributed by atoms with van der Waals surface area (Å²) in [6.45, 7) is 0.